The van der Waals surface area contributed by atoms with Crippen molar-refractivity contribution in [1.29, 1.82) is 0 Å². The Morgan fingerprint density at radius 2 is 1.47 bits per heavy atom. The molecule has 34 heavy (non-hydrogen) atoms. The average molecular weight is 495 g/mol. The summed E-state index contributed by atoms with van der Waals surface area (Å²) < 4.78 is 5.42. The van der Waals surface area contributed by atoms with E-state index in [0.717, 1.165) is 10.5 Å². The van der Waals surface area contributed by atoms with Gasteiger partial charge in [0.05, 0.1) is 11.3 Å². The summed E-state index contributed by atoms with van der Waals surface area (Å²) >= 11 is 12.0. The van der Waals surface area contributed by atoms with Gasteiger partial charge in [-0.25, -0.2) is 9.69 Å². The molecule has 3 aromatic rings. The van der Waals surface area contributed by atoms with Crippen molar-refractivity contribution >= 4 is 52.4 Å². The van der Waals surface area contributed by atoms with Gasteiger partial charge >= 0.3 is 5.97 Å². The molecule has 0 atom stereocenters. The smallest absolute Gasteiger partial charge is 0.343 e. The zero-order valence-corrected chi connectivity index (χ0v) is 19.9. The highest BCUT2D eigenvalue weighted by molar-refractivity contribution is 6.53. The van der Waals surface area contributed by atoms with E-state index in [4.69, 9.17) is 27.9 Å². The number of carbonyl (C=O) groups excluding carboxylic acids is 3. The molecule has 0 fully saturated rings. The van der Waals surface area contributed by atoms with Crippen LogP contribution in [0.1, 0.15) is 35.7 Å². The Hall–Kier alpha value is -3.61. The van der Waals surface area contributed by atoms with Gasteiger partial charge in [-0.1, -0.05) is 49.2 Å². The summed E-state index contributed by atoms with van der Waals surface area (Å²) in [5.41, 5.74) is 2.26. The first-order valence-corrected chi connectivity index (χ1v) is 11.2. The zero-order chi connectivity index (χ0) is 24.4. The molecule has 1 aliphatic rings. The van der Waals surface area contributed by atoms with Crippen LogP contribution in [0.2, 0.25) is 5.02 Å². The lowest BCUT2D eigenvalue weighted by Gasteiger charge is -2.15. The van der Waals surface area contributed by atoms with Crippen LogP contribution in [0.15, 0.2) is 83.5 Å². The number of rotatable bonds is 6. The Bertz CT molecular complexity index is 1280. The molecule has 0 aromatic heterocycles. The fourth-order valence-electron chi connectivity index (χ4n) is 3.36. The molecule has 1 heterocycles. The lowest BCUT2D eigenvalue weighted by molar-refractivity contribution is -0.120. The predicted octanol–water partition coefficient (Wildman–Crippen LogP) is 6.12. The quantitative estimate of drug-likeness (QED) is 0.253. The topological polar surface area (TPSA) is 75.7 Å². The molecule has 1 aliphatic heterocycles. The van der Waals surface area contributed by atoms with E-state index in [2.05, 4.69) is 19.2 Å². The third-order valence-electron chi connectivity index (χ3n) is 5.26. The van der Waals surface area contributed by atoms with E-state index in [0.29, 0.717) is 33.6 Å². The van der Waals surface area contributed by atoms with Crippen molar-refractivity contribution in [3.05, 3.63) is 99.7 Å². The van der Waals surface area contributed by atoms with Crippen LogP contribution in [-0.4, -0.2) is 17.8 Å². The summed E-state index contributed by atoms with van der Waals surface area (Å²) in [7, 11) is 0. The molecule has 0 bridgehead atoms. The first-order chi connectivity index (χ1) is 16.2. The van der Waals surface area contributed by atoms with Crippen LogP contribution >= 0.6 is 23.2 Å². The molecule has 8 heteroatoms. The van der Waals surface area contributed by atoms with Gasteiger partial charge in [0.15, 0.2) is 0 Å². The number of hydrogen-bond acceptors (Lipinski definition) is 5. The van der Waals surface area contributed by atoms with Crippen molar-refractivity contribution < 1.29 is 19.1 Å². The van der Waals surface area contributed by atoms with Crippen LogP contribution in [0.5, 0.6) is 5.75 Å². The van der Waals surface area contributed by atoms with E-state index < -0.39 is 17.8 Å². The fourth-order valence-corrected chi connectivity index (χ4v) is 3.70. The van der Waals surface area contributed by atoms with Crippen molar-refractivity contribution in [3.63, 3.8) is 0 Å². The standard InChI is InChI=1S/C26H20Cl2N2O4/c1-15(2)16-5-13-21(14-6-16)34-26(33)17-3-9-19(10-4-17)29-23-22(28)24(31)30(25(23)32)20-11-7-18(27)8-12-20/h3-15,29H,1-2H3. The van der Waals surface area contributed by atoms with Crippen molar-refractivity contribution in [3.8, 4) is 5.75 Å². The summed E-state index contributed by atoms with van der Waals surface area (Å²) in [4.78, 5) is 38.9. The normalized spacial score (nSPS) is 13.6. The molecule has 0 unspecified atom stereocenters. The Balaban J connectivity index is 1.44. The van der Waals surface area contributed by atoms with E-state index in [1.165, 1.54) is 0 Å². The van der Waals surface area contributed by atoms with Gasteiger partial charge in [-0.05, 0) is 72.1 Å². The van der Waals surface area contributed by atoms with Crippen LogP contribution in [0, 0.1) is 0 Å². The van der Waals surface area contributed by atoms with Gasteiger partial charge in [0.1, 0.15) is 16.5 Å². The van der Waals surface area contributed by atoms with E-state index >= 15 is 0 Å². The maximum atomic E-state index is 12.9. The van der Waals surface area contributed by atoms with Gasteiger partial charge in [-0.3, -0.25) is 9.59 Å². The zero-order valence-electron chi connectivity index (χ0n) is 18.3. The summed E-state index contributed by atoms with van der Waals surface area (Å²) in [6, 6.07) is 19.9. The number of anilines is 2. The van der Waals surface area contributed by atoms with Gasteiger partial charge in [0.2, 0.25) is 0 Å². The SMILES string of the molecule is CC(C)c1ccc(OC(=O)c2ccc(NC3=C(Cl)C(=O)N(c4ccc(Cl)cc4)C3=O)cc2)cc1. The van der Waals surface area contributed by atoms with Crippen molar-refractivity contribution in [2.45, 2.75) is 19.8 Å². The van der Waals surface area contributed by atoms with Crippen molar-refractivity contribution in [2.24, 2.45) is 0 Å². The lowest BCUT2D eigenvalue weighted by atomic mass is 10.0. The van der Waals surface area contributed by atoms with Crippen LogP contribution in [0.3, 0.4) is 0 Å². The third-order valence-corrected chi connectivity index (χ3v) is 5.86. The van der Waals surface area contributed by atoms with Crippen molar-refractivity contribution in [2.75, 3.05) is 10.2 Å². The van der Waals surface area contributed by atoms with E-state index in [1.807, 2.05) is 12.1 Å². The number of carbonyl (C=O) groups is 3. The molecule has 4 rings (SSSR count). The number of imide groups is 1. The number of amides is 2. The monoisotopic (exact) mass is 494 g/mol. The fraction of sp³-hybridized carbons (Fsp3) is 0.115. The number of hydrogen-bond donors (Lipinski definition) is 1. The molecule has 0 aliphatic carbocycles. The van der Waals surface area contributed by atoms with E-state index in [1.54, 1.807) is 60.7 Å². The lowest BCUT2D eigenvalue weighted by Crippen LogP contribution is -2.32. The highest BCUT2D eigenvalue weighted by atomic mass is 35.5. The first kappa shape index (κ1) is 23.5. The Morgan fingerprint density at radius 3 is 2.06 bits per heavy atom. The molecule has 0 saturated carbocycles. The second kappa shape index (κ2) is 9.71. The van der Waals surface area contributed by atoms with Crippen LogP contribution in [0.25, 0.3) is 0 Å². The second-order valence-electron chi connectivity index (χ2n) is 7.93. The highest BCUT2D eigenvalue weighted by Crippen LogP contribution is 2.31. The van der Waals surface area contributed by atoms with Crippen LogP contribution < -0.4 is 15.0 Å². The Kier molecular flexibility index (Phi) is 6.72. The molecular weight excluding hydrogens is 475 g/mol. The molecule has 6 nitrogen and oxygen atoms in total. The minimum atomic E-state index is -0.639. The Morgan fingerprint density at radius 1 is 0.853 bits per heavy atom. The maximum Gasteiger partial charge on any atom is 0.343 e. The Labute approximate surface area is 206 Å². The van der Waals surface area contributed by atoms with Crippen molar-refractivity contribution in [1.82, 2.24) is 0 Å². The molecule has 172 valence electrons. The molecule has 1 N–H and O–H groups in total. The molecule has 0 spiro atoms. The summed E-state index contributed by atoms with van der Waals surface area (Å²) in [6.45, 7) is 4.17. The highest BCUT2D eigenvalue weighted by Gasteiger charge is 2.38. The molecule has 0 saturated heterocycles. The van der Waals surface area contributed by atoms with Gasteiger partial charge in [0.25, 0.3) is 11.8 Å². The first-order valence-electron chi connectivity index (χ1n) is 10.5. The molecular formula is C26H20Cl2N2O4. The largest absolute Gasteiger partial charge is 0.423 e. The molecule has 2 amide bonds. The second-order valence-corrected chi connectivity index (χ2v) is 8.74. The summed E-state index contributed by atoms with van der Waals surface area (Å²) in [6.07, 6.45) is 0. The van der Waals surface area contributed by atoms with Crippen LogP contribution in [0.4, 0.5) is 11.4 Å². The number of benzene rings is 3. The number of nitrogens with one attached hydrogen (secondary N) is 1. The van der Waals surface area contributed by atoms with Crippen LogP contribution in [-0.2, 0) is 9.59 Å². The minimum Gasteiger partial charge on any atom is -0.423 e. The third kappa shape index (κ3) is 4.83. The number of halogens is 2. The number of esters is 1. The van der Waals surface area contributed by atoms with Gasteiger partial charge in [-0.15, -0.1) is 0 Å². The van der Waals surface area contributed by atoms with Gasteiger partial charge in [0, 0.05) is 10.7 Å². The maximum absolute atomic E-state index is 12.9. The number of ether oxygens (including phenoxy) is 1. The average Bonchev–Trinajstić information content (AvgIpc) is 3.03. The molecule has 3 aromatic carbocycles. The molecule has 0 radical (unpaired) electrons. The summed E-state index contributed by atoms with van der Waals surface area (Å²) in [5.74, 6) is -0.910. The predicted molar refractivity (Wildman–Crippen MR) is 132 cm³/mol. The van der Waals surface area contributed by atoms with E-state index in [-0.39, 0.29) is 10.7 Å². The number of nitrogens with zero attached hydrogens (tertiary/aromatic N) is 1. The van der Waals surface area contributed by atoms with Gasteiger partial charge in [-0.2, -0.15) is 0 Å². The minimum absolute atomic E-state index is 0.0535. The van der Waals surface area contributed by atoms with Gasteiger partial charge < -0.3 is 10.1 Å². The van der Waals surface area contributed by atoms with E-state index in [9.17, 15) is 14.4 Å². The summed E-state index contributed by atoms with van der Waals surface area (Å²) in [5, 5.41) is 3.12.